The number of urea groups is 1. The van der Waals surface area contributed by atoms with Crippen LogP contribution in [0.4, 0.5) is 19.4 Å². The first-order valence-electron chi connectivity index (χ1n) is 13.2. The van der Waals surface area contributed by atoms with Crippen molar-refractivity contribution in [2.75, 3.05) is 25.0 Å². The van der Waals surface area contributed by atoms with Crippen LogP contribution in [0.2, 0.25) is 0 Å². The summed E-state index contributed by atoms with van der Waals surface area (Å²) in [6, 6.07) is 3.12. The molecule has 3 aliphatic rings. The Morgan fingerprint density at radius 1 is 1.14 bits per heavy atom. The largest absolute Gasteiger partial charge is 0.321 e. The zero-order chi connectivity index (χ0) is 26.5. The van der Waals surface area contributed by atoms with Crippen molar-refractivity contribution in [2.45, 2.75) is 77.5 Å². The number of aromatic amines is 1. The average molecular weight is 515 g/mol. The van der Waals surface area contributed by atoms with Gasteiger partial charge in [-0.05, 0) is 58.6 Å². The topological polar surface area (TPSA) is 84.6 Å². The van der Waals surface area contributed by atoms with Crippen LogP contribution in [-0.2, 0) is 12.1 Å². The van der Waals surface area contributed by atoms with Gasteiger partial charge in [-0.15, -0.1) is 0 Å². The number of hydrogen-bond acceptors (Lipinski definition) is 4. The third-order valence-electron chi connectivity index (χ3n) is 8.44. The molecule has 3 amide bonds. The van der Waals surface area contributed by atoms with E-state index in [-0.39, 0.29) is 36.0 Å². The van der Waals surface area contributed by atoms with E-state index in [1.165, 1.54) is 25.7 Å². The van der Waals surface area contributed by atoms with Crippen LogP contribution in [0, 0.1) is 17.6 Å². The summed E-state index contributed by atoms with van der Waals surface area (Å²) in [6.45, 7) is 11.1. The lowest BCUT2D eigenvalue weighted by Crippen LogP contribution is -2.61. The molecule has 1 aromatic carbocycles. The third kappa shape index (κ3) is 4.71. The van der Waals surface area contributed by atoms with E-state index in [0.717, 1.165) is 36.8 Å². The number of carbonyl (C=O) groups is 2. The Bertz CT molecular complexity index is 1190. The molecule has 200 valence electrons. The molecule has 0 spiro atoms. The van der Waals surface area contributed by atoms with Crippen molar-refractivity contribution >= 4 is 17.8 Å². The molecule has 2 fully saturated rings. The van der Waals surface area contributed by atoms with Crippen LogP contribution in [0.1, 0.15) is 75.0 Å². The zero-order valence-corrected chi connectivity index (χ0v) is 22.0. The molecule has 8 nitrogen and oxygen atoms in total. The summed E-state index contributed by atoms with van der Waals surface area (Å²) in [7, 11) is 0. The molecule has 37 heavy (non-hydrogen) atoms. The van der Waals surface area contributed by atoms with E-state index in [9.17, 15) is 18.4 Å². The second kappa shape index (κ2) is 9.70. The molecule has 3 heterocycles. The number of amides is 3. The second-order valence-corrected chi connectivity index (χ2v) is 11.4. The number of fused-ring (bicyclic) bond motifs is 1. The molecule has 0 unspecified atom stereocenters. The van der Waals surface area contributed by atoms with Crippen LogP contribution in [0.15, 0.2) is 18.2 Å². The van der Waals surface area contributed by atoms with Crippen molar-refractivity contribution in [2.24, 2.45) is 5.92 Å². The highest BCUT2D eigenvalue weighted by Crippen LogP contribution is 2.41. The van der Waals surface area contributed by atoms with E-state index in [1.807, 2.05) is 18.7 Å². The van der Waals surface area contributed by atoms with Crippen LogP contribution in [0.3, 0.4) is 0 Å². The maximum atomic E-state index is 14.1. The molecule has 2 N–H and O–H groups in total. The lowest BCUT2D eigenvalue weighted by atomic mass is 10.0. The molecule has 10 heteroatoms. The SMILES string of the molecule is C[C@@H]1CN(C(=O)N2Cc3c(NC(=O)c4ccc(F)cc4F)n[nH]c3C2(C)C)[C@@H](C)CN1CC1CCCC1. The Hall–Kier alpha value is -3.01. The van der Waals surface area contributed by atoms with Crippen molar-refractivity contribution in [1.29, 1.82) is 0 Å². The Balaban J connectivity index is 1.29. The van der Waals surface area contributed by atoms with Crippen molar-refractivity contribution in [1.82, 2.24) is 24.9 Å². The number of nitrogens with one attached hydrogen (secondary N) is 2. The number of hydrogen-bond donors (Lipinski definition) is 2. The summed E-state index contributed by atoms with van der Waals surface area (Å²) >= 11 is 0. The normalized spacial score (nSPS) is 23.9. The maximum absolute atomic E-state index is 14.1. The van der Waals surface area contributed by atoms with Gasteiger partial charge in [-0.3, -0.25) is 14.8 Å². The van der Waals surface area contributed by atoms with E-state index in [2.05, 4.69) is 34.3 Å². The molecule has 0 radical (unpaired) electrons. The molecule has 1 saturated heterocycles. The minimum atomic E-state index is -0.947. The molecule has 2 aromatic rings. The lowest BCUT2D eigenvalue weighted by molar-refractivity contribution is 0.0287. The van der Waals surface area contributed by atoms with Gasteiger partial charge in [-0.1, -0.05) is 12.8 Å². The fourth-order valence-corrected chi connectivity index (χ4v) is 6.17. The van der Waals surface area contributed by atoms with E-state index in [4.69, 9.17) is 0 Å². The van der Waals surface area contributed by atoms with Crippen LogP contribution in [-0.4, -0.2) is 68.6 Å². The van der Waals surface area contributed by atoms with Crippen molar-refractivity contribution in [3.8, 4) is 0 Å². The zero-order valence-electron chi connectivity index (χ0n) is 22.0. The number of anilines is 1. The van der Waals surface area contributed by atoms with Gasteiger partial charge in [-0.2, -0.15) is 5.10 Å². The van der Waals surface area contributed by atoms with Crippen LogP contribution in [0.25, 0.3) is 0 Å². The van der Waals surface area contributed by atoms with Gasteiger partial charge in [0.05, 0.1) is 23.3 Å². The van der Waals surface area contributed by atoms with Crippen molar-refractivity contribution in [3.63, 3.8) is 0 Å². The second-order valence-electron chi connectivity index (χ2n) is 11.4. The molecule has 1 aliphatic carbocycles. The van der Waals surface area contributed by atoms with Gasteiger partial charge >= 0.3 is 6.03 Å². The summed E-state index contributed by atoms with van der Waals surface area (Å²) < 4.78 is 27.4. The predicted octanol–water partition coefficient (Wildman–Crippen LogP) is 4.70. The van der Waals surface area contributed by atoms with Gasteiger partial charge in [0.15, 0.2) is 5.82 Å². The van der Waals surface area contributed by atoms with E-state index in [1.54, 1.807) is 4.90 Å². The monoisotopic (exact) mass is 514 g/mol. The number of piperazine rings is 1. The molecule has 1 aromatic heterocycles. The third-order valence-corrected chi connectivity index (χ3v) is 8.44. The molecule has 2 aliphatic heterocycles. The van der Waals surface area contributed by atoms with Crippen LogP contribution < -0.4 is 5.32 Å². The fourth-order valence-electron chi connectivity index (χ4n) is 6.17. The van der Waals surface area contributed by atoms with Crippen LogP contribution in [0.5, 0.6) is 0 Å². The quantitative estimate of drug-likeness (QED) is 0.620. The van der Waals surface area contributed by atoms with Gasteiger partial charge < -0.3 is 15.1 Å². The molecule has 5 rings (SSSR count). The van der Waals surface area contributed by atoms with E-state index in [0.29, 0.717) is 18.2 Å². The molecule has 2 atom stereocenters. The first-order valence-corrected chi connectivity index (χ1v) is 13.2. The summed E-state index contributed by atoms with van der Waals surface area (Å²) in [5.74, 6) is -1.42. The molecule has 1 saturated carbocycles. The predicted molar refractivity (Wildman–Crippen MR) is 136 cm³/mol. The number of benzene rings is 1. The summed E-state index contributed by atoms with van der Waals surface area (Å²) in [4.78, 5) is 32.8. The summed E-state index contributed by atoms with van der Waals surface area (Å²) in [5, 5.41) is 9.83. The minimum Gasteiger partial charge on any atom is -0.319 e. The summed E-state index contributed by atoms with van der Waals surface area (Å²) in [6.07, 6.45) is 5.27. The Labute approximate surface area is 216 Å². The van der Waals surface area contributed by atoms with Crippen LogP contribution >= 0.6 is 0 Å². The molecule has 0 bridgehead atoms. The van der Waals surface area contributed by atoms with Gasteiger partial charge in [0, 0.05) is 43.3 Å². The van der Waals surface area contributed by atoms with E-state index >= 15 is 0 Å². The standard InChI is InChI=1S/C27H36F2N6O2/c1-16-13-34(17(2)12-33(16)14-18-7-5-6-8-18)26(37)35-15-21-23(27(35,3)4)31-32-24(21)30-25(36)20-10-9-19(28)11-22(20)29/h9-11,16-18H,5-8,12-15H2,1-4H3,(H2,30,31,32,36)/t16-,17+/m1/s1. The number of aromatic nitrogens is 2. The smallest absolute Gasteiger partial charge is 0.319 e. The van der Waals surface area contributed by atoms with Crippen molar-refractivity contribution in [3.05, 3.63) is 46.7 Å². The molecular formula is C27H36F2N6O2. The highest BCUT2D eigenvalue weighted by atomic mass is 19.1. The first-order chi connectivity index (χ1) is 17.6. The lowest BCUT2D eigenvalue weighted by Gasteiger charge is -2.47. The number of rotatable bonds is 4. The highest BCUT2D eigenvalue weighted by molar-refractivity contribution is 6.04. The summed E-state index contributed by atoms with van der Waals surface area (Å²) in [5.41, 5.74) is 0.473. The van der Waals surface area contributed by atoms with Gasteiger partial charge in [0.1, 0.15) is 11.6 Å². The Morgan fingerprint density at radius 3 is 2.57 bits per heavy atom. The van der Waals surface area contributed by atoms with Gasteiger partial charge in [0.2, 0.25) is 0 Å². The molecular weight excluding hydrogens is 478 g/mol. The van der Waals surface area contributed by atoms with Gasteiger partial charge in [-0.25, -0.2) is 13.6 Å². The Morgan fingerprint density at radius 2 is 1.86 bits per heavy atom. The first kappa shape index (κ1) is 25.6. The minimum absolute atomic E-state index is 0.0451. The number of carbonyl (C=O) groups excluding carboxylic acids is 2. The number of H-pyrrole nitrogens is 1. The van der Waals surface area contributed by atoms with E-state index < -0.39 is 23.1 Å². The highest BCUT2D eigenvalue weighted by Gasteiger charge is 2.47. The van der Waals surface area contributed by atoms with Gasteiger partial charge in [0.25, 0.3) is 5.91 Å². The number of halogens is 2. The van der Waals surface area contributed by atoms with Crippen molar-refractivity contribution < 1.29 is 18.4 Å². The maximum Gasteiger partial charge on any atom is 0.321 e. The Kier molecular flexibility index (Phi) is 6.72. The number of nitrogens with zero attached hydrogens (tertiary/aromatic N) is 4. The fraction of sp³-hybridized carbons (Fsp3) is 0.593. The average Bonchev–Trinajstić information content (AvgIpc) is 3.54.